The summed E-state index contributed by atoms with van der Waals surface area (Å²) in [6.45, 7) is 2.46. The van der Waals surface area contributed by atoms with Crippen molar-refractivity contribution in [1.29, 1.82) is 0 Å². The van der Waals surface area contributed by atoms with Crippen LogP contribution < -0.4 is 10.1 Å². The number of nitrogens with one attached hydrogen (secondary N) is 1. The van der Waals surface area contributed by atoms with E-state index in [9.17, 15) is 9.59 Å². The van der Waals surface area contributed by atoms with Crippen molar-refractivity contribution < 1.29 is 19.1 Å². The number of carbonyl (C=O) groups excluding carboxylic acids is 2. The average Bonchev–Trinajstić information content (AvgIpc) is 3.37. The largest absolute Gasteiger partial charge is 0.481 e. The Hall–Kier alpha value is -4.95. The van der Waals surface area contributed by atoms with Crippen LogP contribution in [-0.4, -0.2) is 36.1 Å². The fraction of sp³-hybridized carbons (Fsp3) is 0.143. The van der Waals surface area contributed by atoms with Gasteiger partial charge in [0.1, 0.15) is 11.6 Å². The molecule has 1 N–H and O–H groups in total. The maximum absolute atomic E-state index is 13.1. The second-order valence-electron chi connectivity index (χ2n) is 10.2. The first-order valence-electron chi connectivity index (χ1n) is 13.9. The molecule has 0 fully saturated rings. The SMILES string of the molecule is COc1cc(-c2cc(C)c(Sc3ncccc3C=O)c(CNC(=O)OCC3c4ccccc4-c4ccccc43)c2)ccn1. The maximum atomic E-state index is 13.1. The van der Waals surface area contributed by atoms with Crippen molar-refractivity contribution in [3.05, 3.63) is 125 Å². The molecule has 1 amide bonds. The lowest BCUT2D eigenvalue weighted by Crippen LogP contribution is -2.26. The molecule has 1 aliphatic carbocycles. The molecule has 8 heteroatoms. The topological polar surface area (TPSA) is 90.4 Å². The number of pyridine rings is 2. The van der Waals surface area contributed by atoms with Crippen LogP contribution in [0.25, 0.3) is 22.3 Å². The van der Waals surface area contributed by atoms with Crippen molar-refractivity contribution in [3.63, 3.8) is 0 Å². The Balaban J connectivity index is 1.24. The first-order valence-corrected chi connectivity index (χ1v) is 14.7. The van der Waals surface area contributed by atoms with Crippen LogP contribution >= 0.6 is 11.8 Å². The van der Waals surface area contributed by atoms with Crippen molar-refractivity contribution >= 4 is 24.1 Å². The number of methoxy groups -OCH3 is 1. The molecule has 0 atom stereocenters. The zero-order chi connectivity index (χ0) is 29.8. The first kappa shape index (κ1) is 28.2. The summed E-state index contributed by atoms with van der Waals surface area (Å²) in [6, 6.07) is 27.9. The maximum Gasteiger partial charge on any atom is 0.407 e. The number of fused-ring (bicyclic) bond motifs is 3. The Kier molecular flexibility index (Phi) is 8.20. The van der Waals surface area contributed by atoms with Crippen LogP contribution in [0.4, 0.5) is 4.79 Å². The number of alkyl carbamates (subject to hydrolysis) is 1. The van der Waals surface area contributed by atoms with Crippen molar-refractivity contribution in [2.45, 2.75) is 29.3 Å². The minimum absolute atomic E-state index is 0.0255. The highest BCUT2D eigenvalue weighted by molar-refractivity contribution is 7.99. The van der Waals surface area contributed by atoms with Crippen molar-refractivity contribution in [3.8, 4) is 28.1 Å². The lowest BCUT2D eigenvalue weighted by atomic mass is 9.98. The number of carbonyl (C=O) groups is 2. The molecule has 0 bridgehead atoms. The smallest absolute Gasteiger partial charge is 0.407 e. The molecule has 3 aromatic carbocycles. The fourth-order valence-corrected chi connectivity index (χ4v) is 6.51. The van der Waals surface area contributed by atoms with Crippen molar-refractivity contribution in [2.75, 3.05) is 13.7 Å². The van der Waals surface area contributed by atoms with Gasteiger partial charge < -0.3 is 14.8 Å². The molecule has 0 aliphatic heterocycles. The number of aryl methyl sites for hydroxylation is 1. The van der Waals surface area contributed by atoms with Gasteiger partial charge in [-0.1, -0.05) is 66.4 Å². The molecule has 2 heterocycles. The van der Waals surface area contributed by atoms with E-state index in [2.05, 4.69) is 45.6 Å². The normalized spacial score (nSPS) is 11.9. The predicted octanol–water partition coefficient (Wildman–Crippen LogP) is 7.46. The monoisotopic (exact) mass is 587 g/mol. The van der Waals surface area contributed by atoms with E-state index in [-0.39, 0.29) is 19.1 Å². The van der Waals surface area contributed by atoms with Gasteiger partial charge in [0, 0.05) is 41.4 Å². The highest BCUT2D eigenvalue weighted by atomic mass is 32.2. The Morgan fingerprint density at radius 2 is 1.65 bits per heavy atom. The average molecular weight is 588 g/mol. The number of nitrogens with zero attached hydrogens (tertiary/aromatic N) is 2. The van der Waals surface area contributed by atoms with E-state index < -0.39 is 6.09 Å². The molecule has 1 aliphatic rings. The van der Waals surface area contributed by atoms with E-state index in [0.29, 0.717) is 16.5 Å². The lowest BCUT2D eigenvalue weighted by molar-refractivity contribution is 0.112. The van der Waals surface area contributed by atoms with Gasteiger partial charge in [0.2, 0.25) is 5.88 Å². The summed E-state index contributed by atoms with van der Waals surface area (Å²) in [7, 11) is 1.58. The summed E-state index contributed by atoms with van der Waals surface area (Å²) >= 11 is 1.40. The summed E-state index contributed by atoms with van der Waals surface area (Å²) in [4.78, 5) is 34.3. The third kappa shape index (κ3) is 5.87. The summed E-state index contributed by atoms with van der Waals surface area (Å²) in [5, 5.41) is 3.55. The summed E-state index contributed by atoms with van der Waals surface area (Å²) in [5.41, 5.74) is 8.90. The van der Waals surface area contributed by atoms with Gasteiger partial charge in [0.25, 0.3) is 0 Å². The van der Waals surface area contributed by atoms with Gasteiger partial charge in [0.15, 0.2) is 6.29 Å². The zero-order valence-corrected chi connectivity index (χ0v) is 24.6. The summed E-state index contributed by atoms with van der Waals surface area (Å²) in [6.07, 6.45) is 3.66. The minimum Gasteiger partial charge on any atom is -0.481 e. The number of ether oxygens (including phenoxy) is 2. The second-order valence-corrected chi connectivity index (χ2v) is 11.2. The second kappa shape index (κ2) is 12.5. The van der Waals surface area contributed by atoms with Crippen molar-refractivity contribution in [1.82, 2.24) is 15.3 Å². The van der Waals surface area contributed by atoms with Gasteiger partial charge in [-0.3, -0.25) is 4.79 Å². The third-order valence-corrected chi connectivity index (χ3v) is 8.84. The molecule has 0 saturated carbocycles. The number of hydrogen-bond acceptors (Lipinski definition) is 7. The standard InChI is InChI=1S/C35H29N3O4S/c1-22-16-25(23-13-15-36-32(18-23)41-2)17-26(33(22)43-34-24(20-39)8-7-14-37-34)19-38-35(40)42-21-31-29-11-5-3-9-27(29)28-10-4-6-12-30(28)31/h3-18,20,31H,19,21H2,1-2H3,(H,38,40). The van der Waals surface area contributed by atoms with Crippen LogP contribution in [0.3, 0.4) is 0 Å². The molecule has 5 aromatic rings. The first-order chi connectivity index (χ1) is 21.1. The van der Waals surface area contributed by atoms with Gasteiger partial charge in [0.05, 0.1) is 7.11 Å². The van der Waals surface area contributed by atoms with Crippen molar-refractivity contribution in [2.24, 2.45) is 0 Å². The van der Waals surface area contributed by atoms with Gasteiger partial charge in [-0.2, -0.15) is 0 Å². The third-order valence-electron chi connectivity index (χ3n) is 7.52. The predicted molar refractivity (Wildman–Crippen MR) is 167 cm³/mol. The molecule has 2 aromatic heterocycles. The number of rotatable bonds is 9. The molecule has 43 heavy (non-hydrogen) atoms. The van der Waals surface area contributed by atoms with E-state index >= 15 is 0 Å². The molecule has 0 spiro atoms. The number of aldehydes is 1. The van der Waals surface area contributed by atoms with Crippen LogP contribution in [0.1, 0.15) is 38.5 Å². The Morgan fingerprint density at radius 3 is 2.37 bits per heavy atom. The molecule has 6 rings (SSSR count). The lowest BCUT2D eigenvalue weighted by Gasteiger charge is -2.17. The minimum atomic E-state index is -0.502. The molecule has 7 nitrogen and oxygen atoms in total. The van der Waals surface area contributed by atoms with Crippen LogP contribution in [0.2, 0.25) is 0 Å². The van der Waals surface area contributed by atoms with Crippen LogP contribution in [0, 0.1) is 6.92 Å². The number of amides is 1. The molecular formula is C35H29N3O4S. The van der Waals surface area contributed by atoms with E-state index in [1.54, 1.807) is 31.6 Å². The number of hydrogen-bond donors (Lipinski definition) is 1. The van der Waals surface area contributed by atoms with E-state index in [0.717, 1.165) is 44.6 Å². The fourth-order valence-electron chi connectivity index (χ4n) is 5.48. The summed E-state index contributed by atoms with van der Waals surface area (Å²) < 4.78 is 11.1. The Bertz CT molecular complexity index is 1780. The number of benzene rings is 3. The summed E-state index contributed by atoms with van der Waals surface area (Å²) in [5.74, 6) is 0.485. The van der Waals surface area contributed by atoms with E-state index in [1.165, 1.54) is 22.9 Å². The van der Waals surface area contributed by atoms with E-state index in [4.69, 9.17) is 9.47 Å². The van der Waals surface area contributed by atoms with Crippen LogP contribution in [0.5, 0.6) is 5.88 Å². The molecule has 0 radical (unpaired) electrons. The Morgan fingerprint density at radius 1 is 0.907 bits per heavy atom. The molecule has 214 valence electrons. The number of aromatic nitrogens is 2. The molecule has 0 unspecified atom stereocenters. The zero-order valence-electron chi connectivity index (χ0n) is 23.7. The van der Waals surface area contributed by atoms with Gasteiger partial charge >= 0.3 is 6.09 Å². The highest BCUT2D eigenvalue weighted by Gasteiger charge is 2.29. The van der Waals surface area contributed by atoms with Gasteiger partial charge in [-0.25, -0.2) is 14.8 Å². The van der Waals surface area contributed by atoms with Crippen LogP contribution in [0.15, 0.2) is 107 Å². The van der Waals surface area contributed by atoms with Gasteiger partial charge in [-0.15, -0.1) is 0 Å². The van der Waals surface area contributed by atoms with Gasteiger partial charge in [-0.05, 0) is 75.7 Å². The van der Waals surface area contributed by atoms with E-state index in [1.807, 2.05) is 49.4 Å². The highest BCUT2D eigenvalue weighted by Crippen LogP contribution is 2.44. The van der Waals surface area contributed by atoms with Crippen LogP contribution in [-0.2, 0) is 11.3 Å². The Labute approximate surface area is 254 Å². The molecule has 0 saturated heterocycles. The molecular weight excluding hydrogens is 558 g/mol. The quantitative estimate of drug-likeness (QED) is 0.179.